The minimum atomic E-state index is -0.613. The summed E-state index contributed by atoms with van der Waals surface area (Å²) in [5, 5.41) is 0. The topological polar surface area (TPSA) is 101 Å². The number of nitrogen functional groups attached to an aromatic ring is 1. The maximum Gasteiger partial charge on any atom is 0.254 e. The zero-order valence-corrected chi connectivity index (χ0v) is 12.1. The molecule has 1 aromatic carbocycles. The summed E-state index contributed by atoms with van der Waals surface area (Å²) in [7, 11) is 0. The molecule has 114 valence electrons. The van der Waals surface area contributed by atoms with Gasteiger partial charge in [-0.05, 0) is 12.1 Å². The standard InChI is InChI=1S/C15H18N6O/c16-13-12(14(17)22)10-18-15(19-13)21-8-6-20(7-9-21)11-4-2-1-3-5-11/h1-5,10H,6-9H2,(H2,17,22)(H2,16,18,19). The highest BCUT2D eigenvalue weighted by Gasteiger charge is 2.20. The molecule has 1 saturated heterocycles. The molecule has 1 aliphatic rings. The minimum absolute atomic E-state index is 0.128. The predicted octanol–water partition coefficient (Wildman–Crippen LogP) is 0.484. The van der Waals surface area contributed by atoms with E-state index in [0.29, 0.717) is 5.95 Å². The summed E-state index contributed by atoms with van der Waals surface area (Å²) >= 11 is 0. The van der Waals surface area contributed by atoms with Gasteiger partial charge in [0.25, 0.3) is 5.91 Å². The molecule has 2 aromatic rings. The van der Waals surface area contributed by atoms with Gasteiger partial charge in [-0.1, -0.05) is 18.2 Å². The molecule has 22 heavy (non-hydrogen) atoms. The van der Waals surface area contributed by atoms with Gasteiger partial charge in [-0.15, -0.1) is 0 Å². The molecular formula is C15H18N6O. The van der Waals surface area contributed by atoms with E-state index in [2.05, 4.69) is 31.9 Å². The quantitative estimate of drug-likeness (QED) is 0.855. The summed E-state index contributed by atoms with van der Waals surface area (Å²) in [4.78, 5) is 23.9. The first-order valence-corrected chi connectivity index (χ1v) is 7.12. The van der Waals surface area contributed by atoms with Crippen LogP contribution < -0.4 is 21.3 Å². The molecule has 7 nitrogen and oxygen atoms in total. The number of para-hydroxylation sites is 1. The van der Waals surface area contributed by atoms with Crippen molar-refractivity contribution in [1.82, 2.24) is 9.97 Å². The number of piperazine rings is 1. The fourth-order valence-electron chi connectivity index (χ4n) is 2.53. The number of nitrogens with zero attached hydrogens (tertiary/aromatic N) is 4. The van der Waals surface area contributed by atoms with Crippen molar-refractivity contribution in [3.63, 3.8) is 0 Å². The molecule has 0 aliphatic carbocycles. The second-order valence-corrected chi connectivity index (χ2v) is 5.14. The van der Waals surface area contributed by atoms with Crippen molar-refractivity contribution < 1.29 is 4.79 Å². The molecule has 7 heteroatoms. The van der Waals surface area contributed by atoms with Crippen LogP contribution >= 0.6 is 0 Å². The first kappa shape index (κ1) is 14.1. The van der Waals surface area contributed by atoms with Crippen LogP contribution in [0.4, 0.5) is 17.5 Å². The minimum Gasteiger partial charge on any atom is -0.383 e. The molecule has 0 saturated carbocycles. The summed E-state index contributed by atoms with van der Waals surface area (Å²) in [5.41, 5.74) is 12.3. The van der Waals surface area contributed by atoms with E-state index >= 15 is 0 Å². The van der Waals surface area contributed by atoms with Gasteiger partial charge in [-0.3, -0.25) is 4.79 Å². The van der Waals surface area contributed by atoms with Crippen molar-refractivity contribution >= 4 is 23.4 Å². The Bertz CT molecular complexity index is 667. The first-order chi connectivity index (χ1) is 10.6. The van der Waals surface area contributed by atoms with Crippen LogP contribution in [0.1, 0.15) is 10.4 Å². The highest BCUT2D eigenvalue weighted by atomic mass is 16.1. The average molecular weight is 298 g/mol. The van der Waals surface area contributed by atoms with Crippen LogP contribution in [-0.2, 0) is 0 Å². The lowest BCUT2D eigenvalue weighted by Crippen LogP contribution is -2.47. The number of anilines is 3. The number of amides is 1. The molecule has 3 rings (SSSR count). The van der Waals surface area contributed by atoms with Crippen LogP contribution in [0.25, 0.3) is 0 Å². The molecule has 1 aromatic heterocycles. The summed E-state index contributed by atoms with van der Waals surface area (Å²) in [5.74, 6) is 0.0520. The van der Waals surface area contributed by atoms with E-state index in [0.717, 1.165) is 26.2 Å². The fraction of sp³-hybridized carbons (Fsp3) is 0.267. The summed E-state index contributed by atoms with van der Waals surface area (Å²) in [6.07, 6.45) is 1.39. The zero-order valence-electron chi connectivity index (χ0n) is 12.1. The van der Waals surface area contributed by atoms with E-state index in [9.17, 15) is 4.79 Å². The largest absolute Gasteiger partial charge is 0.383 e. The van der Waals surface area contributed by atoms with Gasteiger partial charge in [0.05, 0.1) is 5.56 Å². The Balaban J connectivity index is 1.69. The second-order valence-electron chi connectivity index (χ2n) is 5.14. The van der Waals surface area contributed by atoms with E-state index in [4.69, 9.17) is 11.5 Å². The molecule has 0 radical (unpaired) electrons. The van der Waals surface area contributed by atoms with Crippen LogP contribution in [0.2, 0.25) is 0 Å². The van der Waals surface area contributed by atoms with Crippen molar-refractivity contribution in [3.8, 4) is 0 Å². The van der Waals surface area contributed by atoms with Gasteiger partial charge in [0.2, 0.25) is 5.95 Å². The van der Waals surface area contributed by atoms with Crippen LogP contribution in [0.5, 0.6) is 0 Å². The number of hydrogen-bond acceptors (Lipinski definition) is 6. The van der Waals surface area contributed by atoms with Crippen LogP contribution in [-0.4, -0.2) is 42.1 Å². The van der Waals surface area contributed by atoms with Gasteiger partial charge >= 0.3 is 0 Å². The average Bonchev–Trinajstić information content (AvgIpc) is 2.55. The Morgan fingerprint density at radius 3 is 2.27 bits per heavy atom. The number of carbonyl (C=O) groups excluding carboxylic acids is 1. The third kappa shape index (κ3) is 2.78. The zero-order chi connectivity index (χ0) is 15.5. The molecule has 0 unspecified atom stereocenters. The second kappa shape index (κ2) is 5.88. The molecular weight excluding hydrogens is 280 g/mol. The van der Waals surface area contributed by atoms with Crippen molar-refractivity contribution in [2.75, 3.05) is 41.7 Å². The molecule has 2 heterocycles. The lowest BCUT2D eigenvalue weighted by atomic mass is 10.2. The summed E-state index contributed by atoms with van der Waals surface area (Å²) in [6.45, 7) is 3.35. The molecule has 0 atom stereocenters. The third-order valence-electron chi connectivity index (χ3n) is 3.75. The molecule has 1 amide bonds. The molecule has 0 bridgehead atoms. The number of nitrogens with two attached hydrogens (primary N) is 2. The SMILES string of the molecule is NC(=O)c1cnc(N2CCN(c3ccccc3)CC2)nc1N. The van der Waals surface area contributed by atoms with Crippen LogP contribution in [0, 0.1) is 0 Å². The Kier molecular flexibility index (Phi) is 3.78. The number of primary amides is 1. The van der Waals surface area contributed by atoms with Crippen molar-refractivity contribution in [1.29, 1.82) is 0 Å². The number of aromatic nitrogens is 2. The number of carbonyl (C=O) groups is 1. The monoisotopic (exact) mass is 298 g/mol. The van der Waals surface area contributed by atoms with E-state index in [1.807, 2.05) is 18.2 Å². The van der Waals surface area contributed by atoms with Crippen molar-refractivity contribution in [3.05, 3.63) is 42.1 Å². The van der Waals surface area contributed by atoms with Gasteiger partial charge < -0.3 is 21.3 Å². The van der Waals surface area contributed by atoms with Crippen LogP contribution in [0.3, 0.4) is 0 Å². The van der Waals surface area contributed by atoms with E-state index in [-0.39, 0.29) is 11.4 Å². The van der Waals surface area contributed by atoms with Gasteiger partial charge in [0.1, 0.15) is 5.82 Å². The Labute approximate surface area is 128 Å². The summed E-state index contributed by atoms with van der Waals surface area (Å²) < 4.78 is 0. The number of hydrogen-bond donors (Lipinski definition) is 2. The fourth-order valence-corrected chi connectivity index (χ4v) is 2.53. The highest BCUT2D eigenvalue weighted by molar-refractivity contribution is 5.96. The Hall–Kier alpha value is -2.83. The Morgan fingerprint density at radius 1 is 1.05 bits per heavy atom. The highest BCUT2D eigenvalue weighted by Crippen LogP contribution is 2.19. The van der Waals surface area contributed by atoms with Crippen LogP contribution in [0.15, 0.2) is 36.5 Å². The smallest absolute Gasteiger partial charge is 0.254 e. The number of benzene rings is 1. The van der Waals surface area contributed by atoms with Gasteiger partial charge in [-0.25, -0.2) is 4.98 Å². The third-order valence-corrected chi connectivity index (χ3v) is 3.75. The Morgan fingerprint density at radius 2 is 1.68 bits per heavy atom. The maximum absolute atomic E-state index is 11.2. The lowest BCUT2D eigenvalue weighted by Gasteiger charge is -2.36. The maximum atomic E-state index is 11.2. The van der Waals surface area contributed by atoms with Gasteiger partial charge in [0.15, 0.2) is 0 Å². The normalized spacial score (nSPS) is 14.9. The number of rotatable bonds is 3. The first-order valence-electron chi connectivity index (χ1n) is 7.12. The van der Waals surface area contributed by atoms with E-state index in [1.54, 1.807) is 0 Å². The predicted molar refractivity (Wildman–Crippen MR) is 85.8 cm³/mol. The van der Waals surface area contributed by atoms with Crippen molar-refractivity contribution in [2.24, 2.45) is 5.73 Å². The van der Waals surface area contributed by atoms with Crippen molar-refractivity contribution in [2.45, 2.75) is 0 Å². The van der Waals surface area contributed by atoms with Gasteiger partial charge in [-0.2, -0.15) is 4.98 Å². The molecule has 4 N–H and O–H groups in total. The molecule has 1 aliphatic heterocycles. The lowest BCUT2D eigenvalue weighted by molar-refractivity contribution is 0.100. The summed E-state index contributed by atoms with van der Waals surface area (Å²) in [6, 6.07) is 10.3. The molecule has 0 spiro atoms. The van der Waals surface area contributed by atoms with E-state index in [1.165, 1.54) is 11.9 Å². The van der Waals surface area contributed by atoms with Gasteiger partial charge in [0, 0.05) is 38.1 Å². The van der Waals surface area contributed by atoms with E-state index < -0.39 is 5.91 Å². The molecule has 1 fully saturated rings.